The number of carbonyl (C=O) groups is 2. The van der Waals surface area contributed by atoms with E-state index in [1.807, 2.05) is 12.3 Å². The van der Waals surface area contributed by atoms with Crippen molar-refractivity contribution in [3.05, 3.63) is 16.6 Å². The van der Waals surface area contributed by atoms with E-state index < -0.39 is 12.0 Å². The van der Waals surface area contributed by atoms with Crippen LogP contribution in [0.5, 0.6) is 0 Å². The van der Waals surface area contributed by atoms with Crippen molar-refractivity contribution in [1.82, 2.24) is 15.2 Å². The van der Waals surface area contributed by atoms with Crippen LogP contribution in [0.15, 0.2) is 10.9 Å². The molecule has 0 saturated carbocycles. The maximum absolute atomic E-state index is 11.9. The topological polar surface area (TPSA) is 82.5 Å². The highest BCUT2D eigenvalue weighted by Gasteiger charge is 2.39. The summed E-state index contributed by atoms with van der Waals surface area (Å²) in [6, 6.07) is -1.06. The molecule has 1 aliphatic rings. The molecule has 0 radical (unpaired) electrons. The van der Waals surface area contributed by atoms with Crippen LogP contribution in [0.25, 0.3) is 0 Å². The van der Waals surface area contributed by atoms with E-state index in [1.165, 1.54) is 16.2 Å². The van der Waals surface area contributed by atoms with Gasteiger partial charge >= 0.3 is 12.0 Å². The monoisotopic (exact) mass is 269 g/mol. The van der Waals surface area contributed by atoms with Gasteiger partial charge in [0.15, 0.2) is 0 Å². The van der Waals surface area contributed by atoms with Crippen molar-refractivity contribution in [2.24, 2.45) is 5.92 Å². The Bertz CT molecular complexity index is 435. The van der Waals surface area contributed by atoms with Gasteiger partial charge in [-0.25, -0.2) is 14.6 Å². The minimum atomic E-state index is -0.941. The third-order valence-corrected chi connectivity index (χ3v) is 3.75. The number of aromatic nitrogens is 1. The number of hydrogen-bond donors (Lipinski definition) is 2. The Labute approximate surface area is 109 Å². The number of amides is 2. The molecular weight excluding hydrogens is 254 g/mol. The molecule has 0 aromatic carbocycles. The third-order valence-electron chi connectivity index (χ3n) is 3.12. The average molecular weight is 269 g/mol. The van der Waals surface area contributed by atoms with E-state index in [0.717, 1.165) is 12.1 Å². The molecule has 1 fully saturated rings. The first-order valence-electron chi connectivity index (χ1n) is 5.74. The van der Waals surface area contributed by atoms with Crippen molar-refractivity contribution < 1.29 is 14.7 Å². The molecule has 0 bridgehead atoms. The van der Waals surface area contributed by atoms with E-state index >= 15 is 0 Å². The maximum atomic E-state index is 11.9. The minimum absolute atomic E-state index is 0.00692. The third kappa shape index (κ3) is 2.61. The molecule has 98 valence electrons. The van der Waals surface area contributed by atoms with Gasteiger partial charge in [-0.2, -0.15) is 0 Å². The van der Waals surface area contributed by atoms with Crippen molar-refractivity contribution in [3.63, 3.8) is 0 Å². The molecule has 1 aromatic rings. The van der Waals surface area contributed by atoms with Crippen LogP contribution in [0.2, 0.25) is 0 Å². The molecular formula is C11H15N3O3S. The zero-order valence-electron chi connectivity index (χ0n) is 10.00. The smallest absolute Gasteiger partial charge is 0.326 e. The standard InChI is InChI=1S/C11H15N3O3S/c1-7-2-3-14(9(7)10(15)16)11(17)12-4-8-5-18-6-13-8/h5-7,9H,2-4H2,1H3,(H,12,17)(H,15,16). The second-order valence-corrected chi connectivity index (χ2v) is 5.10. The van der Waals surface area contributed by atoms with Crippen molar-refractivity contribution in [2.45, 2.75) is 25.9 Å². The molecule has 2 rings (SSSR count). The van der Waals surface area contributed by atoms with E-state index in [9.17, 15) is 9.59 Å². The number of likely N-dealkylation sites (tertiary alicyclic amines) is 1. The molecule has 7 heteroatoms. The number of nitrogens with zero attached hydrogens (tertiary/aromatic N) is 2. The first-order chi connectivity index (χ1) is 8.59. The van der Waals surface area contributed by atoms with Crippen LogP contribution in [0.4, 0.5) is 4.79 Å². The SMILES string of the molecule is CC1CCN(C(=O)NCc2cscn2)C1C(=O)O. The highest BCUT2D eigenvalue weighted by atomic mass is 32.1. The molecule has 1 aliphatic heterocycles. The zero-order valence-corrected chi connectivity index (χ0v) is 10.8. The lowest BCUT2D eigenvalue weighted by Gasteiger charge is -2.23. The van der Waals surface area contributed by atoms with Crippen molar-refractivity contribution >= 4 is 23.3 Å². The Balaban J connectivity index is 1.94. The number of carbonyl (C=O) groups excluding carboxylic acids is 1. The van der Waals surface area contributed by atoms with Crippen LogP contribution < -0.4 is 5.32 Å². The summed E-state index contributed by atoms with van der Waals surface area (Å²) in [6.07, 6.45) is 0.723. The quantitative estimate of drug-likeness (QED) is 0.862. The van der Waals surface area contributed by atoms with Gasteiger partial charge in [0.05, 0.1) is 17.7 Å². The average Bonchev–Trinajstić information content (AvgIpc) is 2.94. The molecule has 2 heterocycles. The lowest BCUT2D eigenvalue weighted by atomic mass is 10.0. The molecule has 1 aromatic heterocycles. The van der Waals surface area contributed by atoms with E-state index in [0.29, 0.717) is 13.1 Å². The summed E-state index contributed by atoms with van der Waals surface area (Å²) in [5, 5.41) is 13.7. The summed E-state index contributed by atoms with van der Waals surface area (Å²) < 4.78 is 0. The Morgan fingerprint density at radius 2 is 2.44 bits per heavy atom. The fourth-order valence-corrected chi connectivity index (χ4v) is 2.70. The second-order valence-electron chi connectivity index (χ2n) is 4.38. The Morgan fingerprint density at radius 1 is 1.67 bits per heavy atom. The molecule has 2 unspecified atom stereocenters. The van der Waals surface area contributed by atoms with Crippen LogP contribution in [-0.4, -0.2) is 39.6 Å². The molecule has 2 atom stereocenters. The number of carboxylic acid groups (broad SMARTS) is 1. The number of thiazole rings is 1. The molecule has 0 spiro atoms. The maximum Gasteiger partial charge on any atom is 0.326 e. The van der Waals surface area contributed by atoms with Gasteiger partial charge < -0.3 is 15.3 Å². The van der Waals surface area contributed by atoms with Gasteiger partial charge in [0.1, 0.15) is 6.04 Å². The van der Waals surface area contributed by atoms with Crippen molar-refractivity contribution in [1.29, 1.82) is 0 Å². The molecule has 18 heavy (non-hydrogen) atoms. The van der Waals surface area contributed by atoms with Gasteiger partial charge in [-0.1, -0.05) is 6.92 Å². The highest BCUT2D eigenvalue weighted by Crippen LogP contribution is 2.24. The first kappa shape index (κ1) is 12.8. The van der Waals surface area contributed by atoms with Crippen LogP contribution in [0, 0.1) is 5.92 Å². The first-order valence-corrected chi connectivity index (χ1v) is 6.68. The lowest BCUT2D eigenvalue weighted by Crippen LogP contribution is -2.47. The van der Waals surface area contributed by atoms with Crippen LogP contribution >= 0.6 is 11.3 Å². The summed E-state index contributed by atoms with van der Waals surface area (Å²) in [7, 11) is 0. The summed E-state index contributed by atoms with van der Waals surface area (Å²) in [5.74, 6) is -0.948. The summed E-state index contributed by atoms with van der Waals surface area (Å²) in [4.78, 5) is 28.5. The Morgan fingerprint density at radius 3 is 3.06 bits per heavy atom. The normalized spacial score (nSPS) is 23.1. The molecule has 6 nitrogen and oxygen atoms in total. The lowest BCUT2D eigenvalue weighted by molar-refractivity contribution is -0.142. The number of carboxylic acids is 1. The van der Waals surface area contributed by atoms with Crippen molar-refractivity contribution in [3.8, 4) is 0 Å². The number of aliphatic carboxylic acids is 1. The second kappa shape index (κ2) is 5.34. The fraction of sp³-hybridized carbons (Fsp3) is 0.545. The number of urea groups is 1. The summed E-state index contributed by atoms with van der Waals surface area (Å²) >= 11 is 1.46. The van der Waals surface area contributed by atoms with E-state index in [1.54, 1.807) is 5.51 Å². The fourth-order valence-electron chi connectivity index (χ4n) is 2.14. The minimum Gasteiger partial charge on any atom is -0.480 e. The van der Waals surface area contributed by atoms with E-state index in [-0.39, 0.29) is 11.9 Å². The van der Waals surface area contributed by atoms with Gasteiger partial charge in [-0.15, -0.1) is 11.3 Å². The van der Waals surface area contributed by atoms with Crippen LogP contribution in [0.1, 0.15) is 19.0 Å². The van der Waals surface area contributed by atoms with Crippen LogP contribution in [0.3, 0.4) is 0 Å². The highest BCUT2D eigenvalue weighted by molar-refractivity contribution is 7.07. The Kier molecular flexibility index (Phi) is 3.81. The molecule has 2 amide bonds. The molecule has 2 N–H and O–H groups in total. The number of nitrogens with one attached hydrogen (secondary N) is 1. The van der Waals surface area contributed by atoms with Crippen molar-refractivity contribution in [2.75, 3.05) is 6.54 Å². The zero-order chi connectivity index (χ0) is 13.1. The van der Waals surface area contributed by atoms with E-state index in [2.05, 4.69) is 10.3 Å². The van der Waals surface area contributed by atoms with Gasteiger partial charge in [0.2, 0.25) is 0 Å². The predicted molar refractivity (Wildman–Crippen MR) is 66.3 cm³/mol. The van der Waals surface area contributed by atoms with Gasteiger partial charge in [0.25, 0.3) is 0 Å². The van der Waals surface area contributed by atoms with Gasteiger partial charge in [0, 0.05) is 11.9 Å². The van der Waals surface area contributed by atoms with Gasteiger partial charge in [-0.3, -0.25) is 0 Å². The summed E-state index contributed by atoms with van der Waals surface area (Å²) in [5.41, 5.74) is 2.48. The number of rotatable bonds is 3. The molecule has 1 saturated heterocycles. The van der Waals surface area contributed by atoms with Crippen LogP contribution in [-0.2, 0) is 11.3 Å². The van der Waals surface area contributed by atoms with Gasteiger partial charge in [-0.05, 0) is 12.3 Å². The largest absolute Gasteiger partial charge is 0.480 e. The summed E-state index contributed by atoms with van der Waals surface area (Å²) in [6.45, 7) is 2.67. The van der Waals surface area contributed by atoms with E-state index in [4.69, 9.17) is 5.11 Å². The number of hydrogen-bond acceptors (Lipinski definition) is 4. The molecule has 0 aliphatic carbocycles. The Hall–Kier alpha value is -1.63. The predicted octanol–water partition coefficient (Wildman–Crippen LogP) is 1.15.